The minimum Gasteiger partial charge on any atom is -0.478 e. The summed E-state index contributed by atoms with van der Waals surface area (Å²) in [6.45, 7) is 2.22. The third kappa shape index (κ3) is 4.12. The van der Waals surface area contributed by atoms with Crippen molar-refractivity contribution in [2.24, 2.45) is 0 Å². The first kappa shape index (κ1) is 18.2. The number of ether oxygens (including phenoxy) is 1. The number of aromatic carboxylic acids is 1. The van der Waals surface area contributed by atoms with Crippen molar-refractivity contribution in [2.75, 3.05) is 35.9 Å². The number of benzene rings is 2. The fourth-order valence-corrected chi connectivity index (χ4v) is 3.67. The van der Waals surface area contributed by atoms with Gasteiger partial charge in [0.05, 0.1) is 29.4 Å². The van der Waals surface area contributed by atoms with Gasteiger partial charge in [0, 0.05) is 18.8 Å². The molecule has 138 valence electrons. The third-order valence-electron chi connectivity index (χ3n) is 3.92. The molecule has 2 N–H and O–H groups in total. The van der Waals surface area contributed by atoms with Crippen LogP contribution in [0.25, 0.3) is 0 Å². The number of hydrogen-bond acceptors (Lipinski definition) is 5. The molecule has 26 heavy (non-hydrogen) atoms. The van der Waals surface area contributed by atoms with Gasteiger partial charge >= 0.3 is 5.97 Å². The number of carboxylic acids is 1. The van der Waals surface area contributed by atoms with Gasteiger partial charge in [0.25, 0.3) is 10.0 Å². The Hall–Kier alpha value is -2.65. The molecule has 0 unspecified atom stereocenters. The van der Waals surface area contributed by atoms with E-state index in [2.05, 4.69) is 4.72 Å². The van der Waals surface area contributed by atoms with Gasteiger partial charge in [0.2, 0.25) is 0 Å². The standard InChI is InChI=1S/C17H17FN2O5S/c18-13-9-14(11-15(10-13)20-5-7-25-8-6-20)19-26(23,24)16-3-1-12(2-4-16)17(21)22/h1-4,9-11,19H,5-8H2,(H,21,22). The topological polar surface area (TPSA) is 95.9 Å². The molecule has 0 amide bonds. The highest BCUT2D eigenvalue weighted by atomic mass is 32.2. The summed E-state index contributed by atoms with van der Waals surface area (Å²) in [5.41, 5.74) is 0.630. The first-order valence-corrected chi connectivity index (χ1v) is 9.33. The van der Waals surface area contributed by atoms with Crippen LogP contribution in [0.1, 0.15) is 10.4 Å². The van der Waals surface area contributed by atoms with Gasteiger partial charge in [-0.15, -0.1) is 0 Å². The molecule has 2 aromatic rings. The van der Waals surface area contributed by atoms with Gasteiger partial charge in [-0.2, -0.15) is 0 Å². The Bertz CT molecular complexity index is 909. The van der Waals surface area contributed by atoms with Gasteiger partial charge < -0.3 is 14.7 Å². The molecular formula is C17H17FN2O5S. The second-order valence-electron chi connectivity index (χ2n) is 5.73. The summed E-state index contributed by atoms with van der Waals surface area (Å²) in [6, 6.07) is 8.75. The fraction of sp³-hybridized carbons (Fsp3) is 0.235. The monoisotopic (exact) mass is 380 g/mol. The molecule has 1 aliphatic rings. The summed E-state index contributed by atoms with van der Waals surface area (Å²) in [7, 11) is -3.97. The van der Waals surface area contributed by atoms with Crippen LogP contribution in [-0.2, 0) is 14.8 Å². The van der Waals surface area contributed by atoms with Crippen molar-refractivity contribution >= 4 is 27.4 Å². The summed E-state index contributed by atoms with van der Waals surface area (Å²) in [4.78, 5) is 12.7. The fourth-order valence-electron chi connectivity index (χ4n) is 2.63. The Balaban J connectivity index is 1.84. The zero-order valence-electron chi connectivity index (χ0n) is 13.7. The number of rotatable bonds is 5. The van der Waals surface area contributed by atoms with E-state index in [9.17, 15) is 17.6 Å². The maximum Gasteiger partial charge on any atom is 0.335 e. The Morgan fingerprint density at radius 3 is 2.38 bits per heavy atom. The number of carbonyl (C=O) groups is 1. The van der Waals surface area contributed by atoms with Gasteiger partial charge in [-0.3, -0.25) is 4.72 Å². The van der Waals surface area contributed by atoms with E-state index in [0.717, 1.165) is 6.07 Å². The van der Waals surface area contributed by atoms with E-state index >= 15 is 0 Å². The van der Waals surface area contributed by atoms with Gasteiger partial charge in [-0.05, 0) is 42.5 Å². The number of halogens is 1. The van der Waals surface area contributed by atoms with Crippen molar-refractivity contribution in [1.29, 1.82) is 0 Å². The van der Waals surface area contributed by atoms with Crippen LogP contribution in [0.4, 0.5) is 15.8 Å². The molecule has 0 spiro atoms. The van der Waals surface area contributed by atoms with Crippen molar-refractivity contribution < 1.29 is 27.4 Å². The third-order valence-corrected chi connectivity index (χ3v) is 5.32. The molecule has 2 aromatic carbocycles. The molecule has 1 saturated heterocycles. The Morgan fingerprint density at radius 1 is 1.12 bits per heavy atom. The van der Waals surface area contributed by atoms with Crippen molar-refractivity contribution in [1.82, 2.24) is 0 Å². The van der Waals surface area contributed by atoms with Crippen LogP contribution < -0.4 is 9.62 Å². The van der Waals surface area contributed by atoms with Crippen LogP contribution in [-0.4, -0.2) is 45.8 Å². The van der Waals surface area contributed by atoms with Gasteiger partial charge in [-0.25, -0.2) is 17.6 Å². The molecule has 7 nitrogen and oxygen atoms in total. The van der Waals surface area contributed by atoms with Crippen LogP contribution in [0.3, 0.4) is 0 Å². The predicted octanol–water partition coefficient (Wildman–Crippen LogP) is 2.16. The van der Waals surface area contributed by atoms with Gasteiger partial charge in [0.1, 0.15) is 5.82 Å². The summed E-state index contributed by atoms with van der Waals surface area (Å²) < 4.78 is 46.5. The number of sulfonamides is 1. The second kappa shape index (κ2) is 7.30. The van der Waals surface area contributed by atoms with Gasteiger partial charge in [0.15, 0.2) is 0 Å². The predicted molar refractivity (Wildman–Crippen MR) is 93.6 cm³/mol. The van der Waals surface area contributed by atoms with Crippen molar-refractivity contribution in [2.45, 2.75) is 4.90 Å². The van der Waals surface area contributed by atoms with Crippen molar-refractivity contribution in [3.05, 3.63) is 53.8 Å². The molecule has 0 saturated carbocycles. The molecule has 0 aliphatic carbocycles. The van der Waals surface area contributed by atoms with E-state index < -0.39 is 21.8 Å². The van der Waals surface area contributed by atoms with Crippen LogP contribution >= 0.6 is 0 Å². The highest BCUT2D eigenvalue weighted by molar-refractivity contribution is 7.92. The molecule has 1 fully saturated rings. The molecule has 1 aliphatic heterocycles. The first-order chi connectivity index (χ1) is 12.3. The Labute approximate surface area is 150 Å². The zero-order chi connectivity index (χ0) is 18.7. The van der Waals surface area contributed by atoms with E-state index in [1.165, 1.54) is 30.3 Å². The summed E-state index contributed by atoms with van der Waals surface area (Å²) in [5, 5.41) is 8.88. The average molecular weight is 380 g/mol. The van der Waals surface area contributed by atoms with Crippen molar-refractivity contribution in [3.63, 3.8) is 0 Å². The molecule has 9 heteroatoms. The lowest BCUT2D eigenvalue weighted by Gasteiger charge is -2.29. The minimum atomic E-state index is -3.97. The molecule has 0 atom stereocenters. The van der Waals surface area contributed by atoms with E-state index in [-0.39, 0.29) is 16.1 Å². The minimum absolute atomic E-state index is 0.0238. The normalized spacial score (nSPS) is 14.9. The average Bonchev–Trinajstić information content (AvgIpc) is 2.61. The second-order valence-corrected chi connectivity index (χ2v) is 7.41. The van der Waals surface area contributed by atoms with Crippen LogP contribution in [0, 0.1) is 5.82 Å². The van der Waals surface area contributed by atoms with Crippen LogP contribution in [0.2, 0.25) is 0 Å². The lowest BCUT2D eigenvalue weighted by Crippen LogP contribution is -2.36. The first-order valence-electron chi connectivity index (χ1n) is 7.85. The number of nitrogens with zero attached hydrogens (tertiary/aromatic N) is 1. The SMILES string of the molecule is O=C(O)c1ccc(S(=O)(=O)Nc2cc(F)cc(N3CCOCC3)c2)cc1. The Kier molecular flexibility index (Phi) is 5.10. The molecule has 0 radical (unpaired) electrons. The maximum atomic E-state index is 13.9. The number of anilines is 2. The highest BCUT2D eigenvalue weighted by Crippen LogP contribution is 2.25. The molecule has 0 aromatic heterocycles. The number of nitrogens with one attached hydrogen (secondary N) is 1. The highest BCUT2D eigenvalue weighted by Gasteiger charge is 2.18. The van der Waals surface area contributed by atoms with Crippen LogP contribution in [0.5, 0.6) is 0 Å². The largest absolute Gasteiger partial charge is 0.478 e. The van der Waals surface area contributed by atoms with Gasteiger partial charge in [-0.1, -0.05) is 0 Å². The maximum absolute atomic E-state index is 13.9. The van der Waals surface area contributed by atoms with E-state index in [1.54, 1.807) is 6.07 Å². The van der Waals surface area contributed by atoms with E-state index in [4.69, 9.17) is 9.84 Å². The number of morpholine rings is 1. The summed E-state index contributed by atoms with van der Waals surface area (Å²) in [5.74, 6) is -1.71. The van der Waals surface area contributed by atoms with E-state index in [0.29, 0.717) is 32.0 Å². The lowest BCUT2D eigenvalue weighted by molar-refractivity contribution is 0.0696. The zero-order valence-corrected chi connectivity index (χ0v) is 14.5. The quantitative estimate of drug-likeness (QED) is 0.825. The summed E-state index contributed by atoms with van der Waals surface area (Å²) >= 11 is 0. The Morgan fingerprint density at radius 2 is 1.77 bits per heavy atom. The number of hydrogen-bond donors (Lipinski definition) is 2. The molecule has 0 bridgehead atoms. The smallest absolute Gasteiger partial charge is 0.335 e. The van der Waals surface area contributed by atoms with Crippen molar-refractivity contribution in [3.8, 4) is 0 Å². The molecule has 1 heterocycles. The molecular weight excluding hydrogens is 363 g/mol. The summed E-state index contributed by atoms with van der Waals surface area (Å²) in [6.07, 6.45) is 0. The van der Waals surface area contributed by atoms with Crippen LogP contribution in [0.15, 0.2) is 47.4 Å². The molecule has 3 rings (SSSR count). The van der Waals surface area contributed by atoms with E-state index in [1.807, 2.05) is 4.90 Å². The lowest BCUT2D eigenvalue weighted by atomic mass is 10.2. The number of carboxylic acid groups (broad SMARTS) is 1.